The van der Waals surface area contributed by atoms with Crippen LogP contribution < -0.4 is 4.90 Å². The molecule has 1 saturated carbocycles. The Balaban J connectivity index is 1.87. The number of carbonyl (C=O) groups excluding carboxylic acids is 1. The zero-order chi connectivity index (χ0) is 16.8. The fourth-order valence-electron chi connectivity index (χ4n) is 3.35. The first kappa shape index (κ1) is 16.9. The van der Waals surface area contributed by atoms with Crippen molar-refractivity contribution in [2.75, 3.05) is 31.8 Å². The van der Waals surface area contributed by atoms with Crippen LogP contribution in [0.15, 0.2) is 36.5 Å². The number of nitrogens with zero attached hydrogens (tertiary/aromatic N) is 2. The van der Waals surface area contributed by atoms with Crippen molar-refractivity contribution in [2.24, 2.45) is 0 Å². The molecule has 1 aromatic heterocycles. The first-order chi connectivity index (χ1) is 11.8. The van der Waals surface area contributed by atoms with Crippen molar-refractivity contribution in [1.29, 1.82) is 0 Å². The average Bonchev–Trinajstić information content (AvgIpc) is 3.13. The number of methoxy groups -OCH3 is 1. The molecule has 1 aliphatic rings. The highest BCUT2D eigenvalue weighted by Gasteiger charge is 2.29. The molecular weight excluding hydrogens is 304 g/mol. The topological polar surface area (TPSA) is 51.7 Å². The van der Waals surface area contributed by atoms with Crippen LogP contribution in [0.25, 0.3) is 10.9 Å². The van der Waals surface area contributed by atoms with E-state index in [0.29, 0.717) is 13.2 Å². The summed E-state index contributed by atoms with van der Waals surface area (Å²) >= 11 is 0. The highest BCUT2D eigenvalue weighted by Crippen LogP contribution is 2.32. The molecule has 0 saturated heterocycles. The lowest BCUT2D eigenvalue weighted by molar-refractivity contribution is -0.124. The quantitative estimate of drug-likeness (QED) is 0.733. The second kappa shape index (κ2) is 8.22. The zero-order valence-electron chi connectivity index (χ0n) is 14.1. The number of amides is 1. The lowest BCUT2D eigenvalue weighted by atomic mass is 10.1. The minimum Gasteiger partial charge on any atom is -0.382 e. The molecule has 5 heteroatoms. The van der Waals surface area contributed by atoms with Gasteiger partial charge in [0.15, 0.2) is 0 Å². The van der Waals surface area contributed by atoms with Gasteiger partial charge in [-0.15, -0.1) is 0 Å². The molecule has 1 aliphatic carbocycles. The number of aromatic nitrogens is 1. The molecule has 1 aromatic carbocycles. The van der Waals surface area contributed by atoms with Crippen molar-refractivity contribution in [3.05, 3.63) is 36.5 Å². The molecule has 0 N–H and O–H groups in total. The largest absolute Gasteiger partial charge is 0.382 e. The van der Waals surface area contributed by atoms with E-state index in [9.17, 15) is 4.79 Å². The number of hydrogen-bond donors (Lipinski definition) is 0. The molecule has 0 unspecified atom stereocenters. The normalized spacial score (nSPS) is 15.0. The predicted octanol–water partition coefficient (Wildman–Crippen LogP) is 3.17. The van der Waals surface area contributed by atoms with Crippen molar-refractivity contribution in [3.8, 4) is 0 Å². The van der Waals surface area contributed by atoms with Crippen molar-refractivity contribution >= 4 is 22.5 Å². The van der Waals surface area contributed by atoms with E-state index in [1.54, 1.807) is 13.3 Å². The third-order valence-corrected chi connectivity index (χ3v) is 4.49. The molecule has 0 atom stereocenters. The number of carbonyl (C=O) groups is 1. The summed E-state index contributed by atoms with van der Waals surface area (Å²) in [6, 6.07) is 10.2. The molecule has 1 heterocycles. The van der Waals surface area contributed by atoms with Gasteiger partial charge in [0, 0.05) is 24.7 Å². The van der Waals surface area contributed by atoms with Crippen LogP contribution in [0, 0.1) is 0 Å². The maximum atomic E-state index is 12.9. The van der Waals surface area contributed by atoms with Crippen LogP contribution in [0.3, 0.4) is 0 Å². The first-order valence-corrected chi connectivity index (χ1v) is 8.54. The van der Waals surface area contributed by atoms with Gasteiger partial charge in [-0.3, -0.25) is 9.78 Å². The van der Waals surface area contributed by atoms with Gasteiger partial charge >= 0.3 is 0 Å². The molecule has 0 aliphatic heterocycles. The van der Waals surface area contributed by atoms with Crippen LogP contribution in [0.2, 0.25) is 0 Å². The summed E-state index contributed by atoms with van der Waals surface area (Å²) in [6.07, 6.45) is 6.17. The Labute approximate surface area is 142 Å². The summed E-state index contributed by atoms with van der Waals surface area (Å²) in [7, 11) is 1.62. The number of hydrogen-bond acceptors (Lipinski definition) is 4. The summed E-state index contributed by atoms with van der Waals surface area (Å²) < 4.78 is 10.4. The number of rotatable bonds is 7. The molecule has 128 valence electrons. The SMILES string of the molecule is COCCOCC(=O)N(c1cccc2cccnc12)C1CCCC1. The average molecular weight is 328 g/mol. The molecule has 1 amide bonds. The van der Waals surface area contributed by atoms with E-state index in [0.717, 1.165) is 42.3 Å². The second-order valence-electron chi connectivity index (χ2n) is 6.10. The Hall–Kier alpha value is -1.98. The number of anilines is 1. The minimum absolute atomic E-state index is 0.00356. The van der Waals surface area contributed by atoms with E-state index >= 15 is 0 Å². The van der Waals surface area contributed by atoms with Gasteiger partial charge in [0.05, 0.1) is 24.4 Å². The summed E-state index contributed by atoms with van der Waals surface area (Å²) in [4.78, 5) is 19.3. The number of fused-ring (bicyclic) bond motifs is 1. The first-order valence-electron chi connectivity index (χ1n) is 8.54. The zero-order valence-corrected chi connectivity index (χ0v) is 14.1. The van der Waals surface area contributed by atoms with Crippen LogP contribution in [0.1, 0.15) is 25.7 Å². The Morgan fingerprint density at radius 1 is 1.21 bits per heavy atom. The van der Waals surface area contributed by atoms with Gasteiger partial charge in [0.2, 0.25) is 0 Å². The molecule has 0 spiro atoms. The summed E-state index contributed by atoms with van der Waals surface area (Å²) in [5.41, 5.74) is 1.76. The second-order valence-corrected chi connectivity index (χ2v) is 6.10. The van der Waals surface area contributed by atoms with Crippen LogP contribution >= 0.6 is 0 Å². The smallest absolute Gasteiger partial charge is 0.253 e. The van der Waals surface area contributed by atoms with Gasteiger partial charge in [0.1, 0.15) is 6.61 Å². The lowest BCUT2D eigenvalue weighted by Crippen LogP contribution is -2.41. The van der Waals surface area contributed by atoms with Crippen molar-refractivity contribution in [3.63, 3.8) is 0 Å². The molecule has 0 bridgehead atoms. The lowest BCUT2D eigenvalue weighted by Gasteiger charge is -2.29. The van der Waals surface area contributed by atoms with E-state index in [2.05, 4.69) is 4.98 Å². The van der Waals surface area contributed by atoms with Crippen LogP contribution in [-0.2, 0) is 14.3 Å². The van der Waals surface area contributed by atoms with E-state index in [-0.39, 0.29) is 18.6 Å². The van der Waals surface area contributed by atoms with Crippen molar-refractivity contribution in [1.82, 2.24) is 4.98 Å². The number of pyridine rings is 1. The number of benzene rings is 1. The molecule has 3 rings (SSSR count). The number of ether oxygens (including phenoxy) is 2. The number of para-hydroxylation sites is 1. The van der Waals surface area contributed by atoms with Gasteiger partial charge in [-0.05, 0) is 25.0 Å². The molecule has 2 aromatic rings. The maximum Gasteiger partial charge on any atom is 0.253 e. The van der Waals surface area contributed by atoms with E-state index in [1.807, 2.05) is 35.2 Å². The van der Waals surface area contributed by atoms with Crippen molar-refractivity contribution in [2.45, 2.75) is 31.7 Å². The van der Waals surface area contributed by atoms with Crippen LogP contribution in [-0.4, -0.2) is 43.9 Å². The molecule has 1 fully saturated rings. The molecule has 0 radical (unpaired) electrons. The third kappa shape index (κ3) is 3.74. The standard InChI is InChI=1S/C19H24N2O3/c1-23-12-13-24-14-18(22)21(16-8-2-3-9-16)17-10-4-6-15-7-5-11-20-19(15)17/h4-7,10-11,16H,2-3,8-9,12-14H2,1H3. The fraction of sp³-hybridized carbons (Fsp3) is 0.474. The Morgan fingerprint density at radius 2 is 2.00 bits per heavy atom. The molecular formula is C19H24N2O3. The Bertz CT molecular complexity index is 678. The molecule has 5 nitrogen and oxygen atoms in total. The predicted molar refractivity (Wildman–Crippen MR) is 94.2 cm³/mol. The minimum atomic E-state index is -0.00356. The highest BCUT2D eigenvalue weighted by atomic mass is 16.5. The van der Waals surface area contributed by atoms with E-state index in [4.69, 9.17) is 9.47 Å². The van der Waals surface area contributed by atoms with Gasteiger partial charge in [-0.2, -0.15) is 0 Å². The van der Waals surface area contributed by atoms with Crippen LogP contribution in [0.5, 0.6) is 0 Å². The summed E-state index contributed by atoms with van der Waals surface area (Å²) in [5.74, 6) is -0.00356. The van der Waals surface area contributed by atoms with Crippen molar-refractivity contribution < 1.29 is 14.3 Å². The van der Waals surface area contributed by atoms with Gasteiger partial charge in [-0.25, -0.2) is 0 Å². The van der Waals surface area contributed by atoms with Gasteiger partial charge in [-0.1, -0.05) is 31.0 Å². The fourth-order valence-corrected chi connectivity index (χ4v) is 3.35. The van der Waals surface area contributed by atoms with E-state index < -0.39 is 0 Å². The monoisotopic (exact) mass is 328 g/mol. The summed E-state index contributed by atoms with van der Waals surface area (Å²) in [6.45, 7) is 0.990. The molecule has 24 heavy (non-hydrogen) atoms. The van der Waals surface area contributed by atoms with Gasteiger partial charge < -0.3 is 14.4 Å². The maximum absolute atomic E-state index is 12.9. The van der Waals surface area contributed by atoms with Crippen LogP contribution in [0.4, 0.5) is 5.69 Å². The summed E-state index contributed by atoms with van der Waals surface area (Å²) in [5, 5.41) is 1.05. The third-order valence-electron chi connectivity index (χ3n) is 4.49. The Kier molecular flexibility index (Phi) is 5.77. The highest BCUT2D eigenvalue weighted by molar-refractivity contribution is 6.02. The Morgan fingerprint density at radius 3 is 2.79 bits per heavy atom. The van der Waals surface area contributed by atoms with Gasteiger partial charge in [0.25, 0.3) is 5.91 Å². The van der Waals surface area contributed by atoms with E-state index in [1.165, 1.54) is 0 Å².